The molecule has 1 unspecified atom stereocenters. The van der Waals surface area contributed by atoms with Gasteiger partial charge in [0.15, 0.2) is 5.69 Å². The van der Waals surface area contributed by atoms with Crippen LogP contribution in [0.1, 0.15) is 53.0 Å². The Labute approximate surface area is 295 Å². The number of amides is 5. The molecule has 0 bridgehead atoms. The van der Waals surface area contributed by atoms with Crippen molar-refractivity contribution in [2.45, 2.75) is 50.5 Å². The van der Waals surface area contributed by atoms with Gasteiger partial charge in [-0.2, -0.15) is 18.3 Å². The monoisotopic (exact) mass is 717 g/mol. The highest BCUT2D eigenvalue weighted by atomic mass is 19.4. The van der Waals surface area contributed by atoms with Gasteiger partial charge in [-0.15, -0.1) is 0 Å². The lowest BCUT2D eigenvalue weighted by Crippen LogP contribution is -2.63. The molecule has 2 N–H and O–H groups in total. The van der Waals surface area contributed by atoms with Gasteiger partial charge in [-0.1, -0.05) is 6.07 Å². The highest BCUT2D eigenvalue weighted by Gasteiger charge is 2.45. The number of imide groups is 2. The number of piperazine rings is 1. The Hall–Kier alpha value is -5.76. The number of nitrogens with one attached hydrogen (secondary N) is 2. The smallest absolute Gasteiger partial charge is 0.368 e. The normalized spacial score (nSPS) is 20.1. The van der Waals surface area contributed by atoms with Crippen molar-refractivity contribution in [2.24, 2.45) is 0 Å². The Morgan fingerprint density at radius 1 is 0.942 bits per heavy atom. The fourth-order valence-corrected chi connectivity index (χ4v) is 7.01. The fraction of sp³-hybridized carbons (Fsp3) is 0.400. The summed E-state index contributed by atoms with van der Waals surface area (Å²) in [6, 6.07) is 7.43. The Kier molecular flexibility index (Phi) is 8.52. The molecule has 3 fully saturated rings. The van der Waals surface area contributed by atoms with Gasteiger partial charge in [0.1, 0.15) is 11.6 Å². The van der Waals surface area contributed by atoms with Crippen molar-refractivity contribution in [2.75, 3.05) is 54.4 Å². The van der Waals surface area contributed by atoms with E-state index in [1.807, 2.05) is 0 Å². The van der Waals surface area contributed by atoms with E-state index in [2.05, 4.69) is 35.3 Å². The van der Waals surface area contributed by atoms with E-state index in [9.17, 15) is 37.1 Å². The summed E-state index contributed by atoms with van der Waals surface area (Å²) in [5.41, 5.74) is -0.890. The van der Waals surface area contributed by atoms with Crippen LogP contribution in [0.15, 0.2) is 48.8 Å². The zero-order valence-corrected chi connectivity index (χ0v) is 28.2. The number of hydrogen-bond donors (Lipinski definition) is 2. The Morgan fingerprint density at radius 3 is 2.33 bits per heavy atom. The molecule has 4 aliphatic rings. The number of nitrogens with zero attached hydrogens (tertiary/aromatic N) is 7. The van der Waals surface area contributed by atoms with Gasteiger partial charge in [0.2, 0.25) is 11.8 Å². The zero-order chi connectivity index (χ0) is 37.1. The number of carbonyl (C=O) groups is 5. The summed E-state index contributed by atoms with van der Waals surface area (Å²) in [6.07, 6.45) is -1.19. The summed E-state index contributed by atoms with van der Waals surface area (Å²) in [5, 5.41) is 9.13. The molecule has 2 aromatic carbocycles. The number of alkyl halides is 3. The number of hydrogen-bond acceptors (Lipinski definition) is 9. The van der Waals surface area contributed by atoms with Crippen LogP contribution in [0.5, 0.6) is 0 Å². The van der Waals surface area contributed by atoms with Crippen molar-refractivity contribution in [3.05, 3.63) is 76.9 Å². The van der Waals surface area contributed by atoms with Crippen LogP contribution < -0.4 is 20.4 Å². The van der Waals surface area contributed by atoms with Crippen LogP contribution in [0.2, 0.25) is 0 Å². The Morgan fingerprint density at radius 2 is 1.65 bits per heavy atom. The van der Waals surface area contributed by atoms with Crippen molar-refractivity contribution in [1.29, 1.82) is 0 Å². The number of fused-ring (bicyclic) bond motifs is 1. The number of halogens is 3. The minimum Gasteiger partial charge on any atom is -0.368 e. The Bertz CT molecular complexity index is 2040. The lowest BCUT2D eigenvalue weighted by molar-refractivity contribution is -0.137. The van der Waals surface area contributed by atoms with Crippen LogP contribution in [0.3, 0.4) is 0 Å². The quantitative estimate of drug-likeness (QED) is 0.278. The van der Waals surface area contributed by atoms with Crippen LogP contribution >= 0.6 is 0 Å². The summed E-state index contributed by atoms with van der Waals surface area (Å²) in [5.74, 6) is -2.72. The third-order valence-electron chi connectivity index (χ3n) is 10.2. The maximum Gasteiger partial charge on any atom is 0.407 e. The van der Waals surface area contributed by atoms with Crippen LogP contribution in [0.4, 0.5) is 35.9 Å². The first-order valence-corrected chi connectivity index (χ1v) is 16.7. The van der Waals surface area contributed by atoms with Crippen LogP contribution in [0.25, 0.3) is 4.85 Å². The summed E-state index contributed by atoms with van der Waals surface area (Å²) < 4.78 is 41.8. The molecule has 270 valence electrons. The molecule has 0 saturated carbocycles. The minimum absolute atomic E-state index is 0.0571. The molecule has 4 aliphatic heterocycles. The molecule has 1 atom stereocenters. The molecular formula is C35H34F3N9O5. The summed E-state index contributed by atoms with van der Waals surface area (Å²) >= 11 is 0. The second-order valence-corrected chi connectivity index (χ2v) is 13.8. The van der Waals surface area contributed by atoms with Gasteiger partial charge < -0.3 is 15.1 Å². The first-order chi connectivity index (χ1) is 24.6. The predicted octanol–water partition coefficient (Wildman–Crippen LogP) is 3.24. The molecule has 0 spiro atoms. The molecular weight excluding hydrogens is 683 g/mol. The molecule has 7 rings (SSSR count). The highest BCUT2D eigenvalue weighted by Crippen LogP contribution is 2.38. The van der Waals surface area contributed by atoms with Gasteiger partial charge >= 0.3 is 6.18 Å². The molecule has 5 amide bonds. The number of benzene rings is 2. The van der Waals surface area contributed by atoms with Gasteiger partial charge in [0, 0.05) is 69.3 Å². The molecule has 0 aliphatic carbocycles. The topological polar surface area (TPSA) is 145 Å². The van der Waals surface area contributed by atoms with E-state index in [-0.39, 0.29) is 35.7 Å². The lowest BCUT2D eigenvalue weighted by Gasteiger charge is -2.49. The van der Waals surface area contributed by atoms with Gasteiger partial charge in [-0.05, 0) is 50.6 Å². The van der Waals surface area contributed by atoms with E-state index in [4.69, 9.17) is 6.57 Å². The molecule has 3 aromatic rings. The molecule has 17 heteroatoms. The van der Waals surface area contributed by atoms with E-state index in [1.54, 1.807) is 44.4 Å². The molecule has 3 saturated heterocycles. The van der Waals surface area contributed by atoms with Gasteiger partial charge in [-0.25, -0.2) is 4.85 Å². The van der Waals surface area contributed by atoms with E-state index in [0.717, 1.165) is 54.6 Å². The molecule has 52 heavy (non-hydrogen) atoms. The van der Waals surface area contributed by atoms with Crippen molar-refractivity contribution in [3.8, 4) is 0 Å². The summed E-state index contributed by atoms with van der Waals surface area (Å²) in [6.45, 7) is 14.6. The average molecular weight is 718 g/mol. The van der Waals surface area contributed by atoms with Crippen LogP contribution in [-0.4, -0.2) is 100 Å². The van der Waals surface area contributed by atoms with E-state index < -0.39 is 58.5 Å². The van der Waals surface area contributed by atoms with Crippen LogP contribution in [0, 0.1) is 6.57 Å². The Balaban J connectivity index is 0.925. The minimum atomic E-state index is -4.74. The van der Waals surface area contributed by atoms with Gasteiger partial charge in [0.25, 0.3) is 17.7 Å². The lowest BCUT2D eigenvalue weighted by atomic mass is 10.0. The van der Waals surface area contributed by atoms with Crippen molar-refractivity contribution in [3.63, 3.8) is 0 Å². The second-order valence-electron chi connectivity index (χ2n) is 13.8. The number of rotatable bonds is 7. The maximum atomic E-state index is 13.4. The van der Waals surface area contributed by atoms with E-state index in [0.29, 0.717) is 13.1 Å². The number of anilines is 3. The predicted molar refractivity (Wildman–Crippen MR) is 181 cm³/mol. The standard InChI is InChI=1S/C35H34F3N9O5/c1-34(2,33(52)41-20-4-7-27(39-3)26(14-20)35(36,37)38)46-19-22(16-40-46)43-10-12-44(13-11-43)23-17-45(18-23)21-5-6-24-25(15-21)32(51)47(31(24)50)28-8-9-29(48)42-30(28)49/h4-7,14-16,19,23,28H,8-13,17-18H2,1-2H3,(H,41,52)(H,42,48,49). The first-order valence-electron chi connectivity index (χ1n) is 16.7. The van der Waals surface area contributed by atoms with E-state index in [1.165, 1.54) is 10.7 Å². The van der Waals surface area contributed by atoms with Crippen LogP contribution in [-0.2, 0) is 26.1 Å². The maximum absolute atomic E-state index is 13.4. The van der Waals surface area contributed by atoms with E-state index >= 15 is 0 Å². The summed E-state index contributed by atoms with van der Waals surface area (Å²) in [7, 11) is 0. The second kappa shape index (κ2) is 12.8. The molecule has 5 heterocycles. The largest absolute Gasteiger partial charge is 0.407 e. The number of piperidine rings is 1. The zero-order valence-electron chi connectivity index (χ0n) is 28.2. The third kappa shape index (κ3) is 6.12. The molecule has 0 radical (unpaired) electrons. The van der Waals surface area contributed by atoms with Crippen molar-refractivity contribution in [1.82, 2.24) is 24.9 Å². The average Bonchev–Trinajstić information content (AvgIpc) is 3.68. The first kappa shape index (κ1) is 34.7. The van der Waals surface area contributed by atoms with Gasteiger partial charge in [-0.3, -0.25) is 43.8 Å². The molecule has 14 nitrogen and oxygen atoms in total. The van der Waals surface area contributed by atoms with Crippen molar-refractivity contribution >= 4 is 52.3 Å². The highest BCUT2D eigenvalue weighted by molar-refractivity contribution is 6.23. The SMILES string of the molecule is [C-]#[N+]c1ccc(NC(=O)C(C)(C)n2cc(N3CCN(C4CN(c5ccc6c(c5)C(=O)N(C5CCC(=O)NC5=O)C6=O)C4)CC3)cn2)cc1C(F)(F)F. The van der Waals surface area contributed by atoms with Crippen molar-refractivity contribution < 1.29 is 37.1 Å². The fourth-order valence-electron chi connectivity index (χ4n) is 7.01. The molecule has 1 aromatic heterocycles. The number of carbonyl (C=O) groups excluding carboxylic acids is 5. The number of aromatic nitrogens is 2. The summed E-state index contributed by atoms with van der Waals surface area (Å²) in [4.78, 5) is 74.0. The third-order valence-corrected chi connectivity index (χ3v) is 10.2. The van der Waals surface area contributed by atoms with Gasteiger partial charge in [0.05, 0.1) is 35.1 Å².